The van der Waals surface area contributed by atoms with Crippen molar-refractivity contribution >= 4 is 0 Å². The molecule has 0 heterocycles. The first-order valence-electron chi connectivity index (χ1n) is 3.38. The maximum atomic E-state index is 8.53. The van der Waals surface area contributed by atoms with Gasteiger partial charge in [-0.05, 0) is 26.2 Å². The minimum Gasteiger partial charge on any atom is -0.198 e. The molecular formula is C8H11N. The average molecular weight is 121 g/mol. The Labute approximate surface area is 56.0 Å². The van der Waals surface area contributed by atoms with Crippen LogP contribution < -0.4 is 0 Å². The summed E-state index contributed by atoms with van der Waals surface area (Å²) in [5, 5.41) is 8.53. The predicted octanol–water partition coefficient (Wildman–Crippen LogP) is 2.26. The van der Waals surface area contributed by atoms with Gasteiger partial charge in [0.1, 0.15) is 0 Å². The summed E-state index contributed by atoms with van der Waals surface area (Å²) in [6.07, 6.45) is 5.39. The molecule has 0 saturated heterocycles. The fraction of sp³-hybridized carbons (Fsp3) is 0.625. The molecule has 1 heteroatoms. The molecule has 0 saturated carbocycles. The highest BCUT2D eigenvalue weighted by Gasteiger charge is 2.10. The van der Waals surface area contributed by atoms with E-state index in [0.29, 0.717) is 5.92 Å². The van der Waals surface area contributed by atoms with Crippen LogP contribution in [0, 0.1) is 17.2 Å². The van der Waals surface area contributed by atoms with Gasteiger partial charge >= 0.3 is 0 Å². The number of nitrogens with zero attached hydrogens (tertiary/aromatic N) is 1. The maximum Gasteiger partial charge on any atom is 0.0659 e. The monoisotopic (exact) mass is 121 g/mol. The topological polar surface area (TPSA) is 23.8 Å². The fourth-order valence-corrected chi connectivity index (χ4v) is 1.22. The summed E-state index contributed by atoms with van der Waals surface area (Å²) in [6.45, 7) is 2.10. The van der Waals surface area contributed by atoms with Crippen molar-refractivity contribution in [2.45, 2.75) is 26.2 Å². The molecule has 1 rings (SSSR count). The second-order valence-corrected chi connectivity index (χ2v) is 2.66. The molecule has 1 nitrogen and oxygen atoms in total. The van der Waals surface area contributed by atoms with Crippen LogP contribution in [0.25, 0.3) is 0 Å². The predicted molar refractivity (Wildman–Crippen MR) is 36.7 cm³/mol. The zero-order chi connectivity index (χ0) is 6.69. The Morgan fingerprint density at radius 3 is 3.00 bits per heavy atom. The Kier molecular flexibility index (Phi) is 1.89. The van der Waals surface area contributed by atoms with E-state index in [1.54, 1.807) is 0 Å². The van der Waals surface area contributed by atoms with E-state index >= 15 is 0 Å². The van der Waals surface area contributed by atoms with Crippen LogP contribution in [-0.4, -0.2) is 0 Å². The third-order valence-corrected chi connectivity index (χ3v) is 1.76. The molecule has 0 bridgehead atoms. The van der Waals surface area contributed by atoms with Gasteiger partial charge in [-0.1, -0.05) is 11.6 Å². The lowest BCUT2D eigenvalue weighted by Crippen LogP contribution is -2.01. The van der Waals surface area contributed by atoms with Crippen LogP contribution in [0.3, 0.4) is 0 Å². The van der Waals surface area contributed by atoms with Gasteiger partial charge in [0.15, 0.2) is 0 Å². The quantitative estimate of drug-likeness (QED) is 0.451. The van der Waals surface area contributed by atoms with Crippen molar-refractivity contribution in [1.29, 1.82) is 5.26 Å². The van der Waals surface area contributed by atoms with Gasteiger partial charge in [-0.3, -0.25) is 0 Å². The second-order valence-electron chi connectivity index (χ2n) is 2.66. The van der Waals surface area contributed by atoms with Gasteiger partial charge in [0, 0.05) is 0 Å². The summed E-state index contributed by atoms with van der Waals surface area (Å²) in [4.78, 5) is 0. The first kappa shape index (κ1) is 6.35. The highest BCUT2D eigenvalue weighted by atomic mass is 14.3. The molecule has 0 radical (unpaired) electrons. The number of rotatable bonds is 0. The standard InChI is InChI=1S/C8H11N/c1-7-3-2-4-8(5-7)6-9/h3,8H,2,4-5H2,1H3. The van der Waals surface area contributed by atoms with Crippen molar-refractivity contribution in [3.8, 4) is 6.07 Å². The lowest BCUT2D eigenvalue weighted by Gasteiger charge is -2.12. The van der Waals surface area contributed by atoms with E-state index < -0.39 is 0 Å². The molecule has 0 amide bonds. The van der Waals surface area contributed by atoms with Crippen LogP contribution in [0.5, 0.6) is 0 Å². The van der Waals surface area contributed by atoms with E-state index in [1.807, 2.05) is 0 Å². The molecule has 0 spiro atoms. The summed E-state index contributed by atoms with van der Waals surface area (Å²) in [7, 11) is 0. The minimum absolute atomic E-state index is 0.301. The summed E-state index contributed by atoms with van der Waals surface area (Å²) < 4.78 is 0. The Balaban J connectivity index is 2.51. The van der Waals surface area contributed by atoms with E-state index in [1.165, 1.54) is 5.57 Å². The number of hydrogen-bond donors (Lipinski definition) is 0. The van der Waals surface area contributed by atoms with Gasteiger partial charge in [0.25, 0.3) is 0 Å². The molecule has 1 atom stereocenters. The van der Waals surface area contributed by atoms with Crippen molar-refractivity contribution in [1.82, 2.24) is 0 Å². The van der Waals surface area contributed by atoms with Gasteiger partial charge in [-0.15, -0.1) is 0 Å². The molecule has 48 valence electrons. The summed E-state index contributed by atoms with van der Waals surface area (Å²) in [6, 6.07) is 2.29. The van der Waals surface area contributed by atoms with Crippen LogP contribution in [0.1, 0.15) is 26.2 Å². The van der Waals surface area contributed by atoms with Gasteiger partial charge in [0.05, 0.1) is 12.0 Å². The summed E-state index contributed by atoms with van der Waals surface area (Å²) in [5.41, 5.74) is 1.38. The molecule has 0 aliphatic heterocycles. The molecule has 1 aliphatic rings. The summed E-state index contributed by atoms with van der Waals surface area (Å²) in [5.74, 6) is 0.301. The molecule has 1 aliphatic carbocycles. The van der Waals surface area contributed by atoms with Crippen LogP contribution in [0.2, 0.25) is 0 Å². The van der Waals surface area contributed by atoms with Crippen molar-refractivity contribution in [2.24, 2.45) is 5.92 Å². The van der Waals surface area contributed by atoms with Crippen molar-refractivity contribution in [2.75, 3.05) is 0 Å². The van der Waals surface area contributed by atoms with Crippen molar-refractivity contribution in [3.63, 3.8) is 0 Å². The minimum atomic E-state index is 0.301. The maximum absolute atomic E-state index is 8.53. The van der Waals surface area contributed by atoms with E-state index in [4.69, 9.17) is 5.26 Å². The van der Waals surface area contributed by atoms with Gasteiger partial charge in [-0.25, -0.2) is 0 Å². The highest BCUT2D eigenvalue weighted by molar-refractivity contribution is 5.07. The van der Waals surface area contributed by atoms with Crippen molar-refractivity contribution < 1.29 is 0 Å². The lowest BCUT2D eigenvalue weighted by atomic mass is 9.91. The number of hydrogen-bond acceptors (Lipinski definition) is 1. The van der Waals surface area contributed by atoms with Gasteiger partial charge in [-0.2, -0.15) is 5.26 Å². The third-order valence-electron chi connectivity index (χ3n) is 1.76. The Morgan fingerprint density at radius 2 is 2.56 bits per heavy atom. The van der Waals surface area contributed by atoms with E-state index in [0.717, 1.165) is 19.3 Å². The molecule has 0 fully saturated rings. The molecule has 0 aromatic rings. The second kappa shape index (κ2) is 2.68. The Morgan fingerprint density at radius 1 is 1.78 bits per heavy atom. The summed E-state index contributed by atoms with van der Waals surface area (Å²) >= 11 is 0. The fourth-order valence-electron chi connectivity index (χ4n) is 1.22. The molecule has 0 aromatic carbocycles. The SMILES string of the molecule is CC1=CCCC(C#N)C1. The first-order valence-corrected chi connectivity index (χ1v) is 3.38. The molecule has 9 heavy (non-hydrogen) atoms. The zero-order valence-electron chi connectivity index (χ0n) is 5.72. The van der Waals surface area contributed by atoms with Gasteiger partial charge in [0.2, 0.25) is 0 Å². The van der Waals surface area contributed by atoms with E-state index in [-0.39, 0.29) is 0 Å². The highest BCUT2D eigenvalue weighted by Crippen LogP contribution is 2.22. The van der Waals surface area contributed by atoms with Crippen molar-refractivity contribution in [3.05, 3.63) is 11.6 Å². The van der Waals surface area contributed by atoms with E-state index in [9.17, 15) is 0 Å². The Bertz CT molecular complexity index is 162. The normalized spacial score (nSPS) is 26.7. The molecule has 1 unspecified atom stereocenters. The van der Waals surface area contributed by atoms with Gasteiger partial charge < -0.3 is 0 Å². The Hall–Kier alpha value is -0.770. The number of allylic oxidation sites excluding steroid dienone is 2. The zero-order valence-corrected chi connectivity index (χ0v) is 5.72. The van der Waals surface area contributed by atoms with E-state index in [2.05, 4.69) is 19.1 Å². The van der Waals surface area contributed by atoms with Crippen LogP contribution in [-0.2, 0) is 0 Å². The smallest absolute Gasteiger partial charge is 0.0659 e. The van der Waals surface area contributed by atoms with Crippen LogP contribution in [0.4, 0.5) is 0 Å². The average Bonchev–Trinajstić information content (AvgIpc) is 1.88. The third kappa shape index (κ3) is 1.57. The largest absolute Gasteiger partial charge is 0.198 e. The number of nitriles is 1. The molecule has 0 N–H and O–H groups in total. The molecule has 0 aromatic heterocycles. The van der Waals surface area contributed by atoms with Crippen LogP contribution >= 0.6 is 0 Å². The lowest BCUT2D eigenvalue weighted by molar-refractivity contribution is 0.575. The van der Waals surface area contributed by atoms with Crippen LogP contribution in [0.15, 0.2) is 11.6 Å². The first-order chi connectivity index (χ1) is 4.33. The molecular weight excluding hydrogens is 110 g/mol.